The van der Waals surface area contributed by atoms with Gasteiger partial charge in [0.25, 0.3) is 5.56 Å². The number of carboxylic acids is 1. The second-order valence-corrected chi connectivity index (χ2v) is 10.7. The highest BCUT2D eigenvalue weighted by molar-refractivity contribution is 7.21. The van der Waals surface area contributed by atoms with Crippen LogP contribution >= 0.6 is 11.3 Å². The number of aryl methyl sites for hydroxylation is 1. The van der Waals surface area contributed by atoms with Crippen LogP contribution in [0.25, 0.3) is 15.2 Å². The van der Waals surface area contributed by atoms with Crippen molar-refractivity contribution >= 4 is 27.5 Å². The van der Waals surface area contributed by atoms with Crippen LogP contribution < -0.4 is 16.0 Å². The molecule has 0 aliphatic heterocycles. The van der Waals surface area contributed by atoms with Gasteiger partial charge in [0.2, 0.25) is 0 Å². The number of nitrogens with zero attached hydrogens (tertiary/aromatic N) is 5. The van der Waals surface area contributed by atoms with Crippen molar-refractivity contribution in [2.24, 2.45) is 0 Å². The molecule has 3 aromatic heterocycles. The largest absolute Gasteiger partial charge is 0.496 e. The Kier molecular flexibility index (Phi) is 8.23. The van der Waals surface area contributed by atoms with Crippen LogP contribution in [-0.2, 0) is 20.8 Å². The fraction of sp³-hybridized carbons (Fsp3) is 0.423. The number of hydrogen-bond acceptors (Lipinski definition) is 9. The van der Waals surface area contributed by atoms with Crippen molar-refractivity contribution in [2.45, 2.75) is 52.0 Å². The maximum atomic E-state index is 14.5. The number of benzene rings is 1. The van der Waals surface area contributed by atoms with E-state index < -0.39 is 40.8 Å². The predicted molar refractivity (Wildman–Crippen MR) is 145 cm³/mol. The second-order valence-electron chi connectivity index (χ2n) is 9.76. The number of carbonyl (C=O) groups is 1. The molecule has 0 fully saturated rings. The van der Waals surface area contributed by atoms with Crippen molar-refractivity contribution in [3.05, 3.63) is 68.4 Å². The first-order valence-corrected chi connectivity index (χ1v) is 13.1. The number of aromatic nitrogens is 5. The number of ether oxygens (including phenoxy) is 3. The van der Waals surface area contributed by atoms with Gasteiger partial charge >= 0.3 is 11.7 Å². The number of halogens is 1. The SMILES string of the molecule is COc1ccc(F)cc1[C@H](Cn1c(=O)n(C(C)C(=O)O)c(=O)c2c(C)c(-n3nccn3)sc21)OCC(C)(C)OC. The zero-order valence-electron chi connectivity index (χ0n) is 22.9. The summed E-state index contributed by atoms with van der Waals surface area (Å²) in [6, 6.07) is 2.48. The van der Waals surface area contributed by atoms with E-state index in [4.69, 9.17) is 14.2 Å². The normalized spacial score (nSPS) is 13.5. The minimum Gasteiger partial charge on any atom is -0.496 e. The van der Waals surface area contributed by atoms with E-state index in [0.29, 0.717) is 26.4 Å². The first-order valence-electron chi connectivity index (χ1n) is 12.3. The molecule has 2 atom stereocenters. The molecule has 4 rings (SSSR count). The number of thiophene rings is 1. The number of fused-ring (bicyclic) bond motifs is 1. The lowest BCUT2D eigenvalue weighted by Crippen LogP contribution is -2.44. The molecule has 0 aliphatic carbocycles. The highest BCUT2D eigenvalue weighted by Gasteiger charge is 2.30. The Morgan fingerprint density at radius 1 is 1.20 bits per heavy atom. The Hall–Kier alpha value is -3.88. The zero-order chi connectivity index (χ0) is 29.4. The monoisotopic (exact) mass is 575 g/mol. The summed E-state index contributed by atoms with van der Waals surface area (Å²) >= 11 is 1.10. The van der Waals surface area contributed by atoms with Gasteiger partial charge in [0.1, 0.15) is 33.5 Å². The molecule has 0 saturated heterocycles. The van der Waals surface area contributed by atoms with Crippen LogP contribution in [0.15, 0.2) is 40.2 Å². The first-order chi connectivity index (χ1) is 18.9. The Morgan fingerprint density at radius 2 is 1.88 bits per heavy atom. The Bertz CT molecular complexity index is 1660. The highest BCUT2D eigenvalue weighted by Crippen LogP contribution is 2.34. The third-order valence-electron chi connectivity index (χ3n) is 6.63. The molecule has 0 radical (unpaired) electrons. The molecule has 0 saturated carbocycles. The summed E-state index contributed by atoms with van der Waals surface area (Å²) in [5, 5.41) is 18.6. The quantitative estimate of drug-likeness (QED) is 0.286. The van der Waals surface area contributed by atoms with E-state index in [0.717, 1.165) is 11.3 Å². The Morgan fingerprint density at radius 3 is 2.48 bits per heavy atom. The maximum absolute atomic E-state index is 14.5. The van der Waals surface area contributed by atoms with Crippen LogP contribution in [0.2, 0.25) is 0 Å². The maximum Gasteiger partial charge on any atom is 0.333 e. The minimum absolute atomic E-state index is 0.0584. The van der Waals surface area contributed by atoms with Gasteiger partial charge in [-0.05, 0) is 45.9 Å². The fourth-order valence-electron chi connectivity index (χ4n) is 4.20. The molecule has 40 heavy (non-hydrogen) atoms. The van der Waals surface area contributed by atoms with Gasteiger partial charge in [0.05, 0.1) is 43.6 Å². The number of rotatable bonds is 11. The van der Waals surface area contributed by atoms with E-state index in [-0.39, 0.29) is 23.4 Å². The van der Waals surface area contributed by atoms with Gasteiger partial charge in [-0.3, -0.25) is 9.36 Å². The van der Waals surface area contributed by atoms with Crippen molar-refractivity contribution < 1.29 is 28.5 Å². The predicted octanol–water partition coefficient (Wildman–Crippen LogP) is 3.09. The molecule has 0 aliphatic rings. The summed E-state index contributed by atoms with van der Waals surface area (Å²) in [5.74, 6) is -1.58. The van der Waals surface area contributed by atoms with E-state index in [9.17, 15) is 23.9 Å². The fourth-order valence-corrected chi connectivity index (χ4v) is 5.42. The van der Waals surface area contributed by atoms with E-state index in [2.05, 4.69) is 10.2 Å². The molecule has 0 amide bonds. The summed E-state index contributed by atoms with van der Waals surface area (Å²) in [6.07, 6.45) is 1.99. The molecule has 0 bridgehead atoms. The summed E-state index contributed by atoms with van der Waals surface area (Å²) < 4.78 is 33.6. The molecule has 14 heteroatoms. The molecule has 12 nitrogen and oxygen atoms in total. The smallest absolute Gasteiger partial charge is 0.333 e. The van der Waals surface area contributed by atoms with Gasteiger partial charge < -0.3 is 19.3 Å². The summed E-state index contributed by atoms with van der Waals surface area (Å²) in [4.78, 5) is 40.9. The van der Waals surface area contributed by atoms with Crippen LogP contribution in [0.3, 0.4) is 0 Å². The second kappa shape index (κ2) is 11.3. The average molecular weight is 576 g/mol. The van der Waals surface area contributed by atoms with Crippen molar-refractivity contribution in [2.75, 3.05) is 20.8 Å². The molecular weight excluding hydrogens is 545 g/mol. The first kappa shape index (κ1) is 29.1. The number of methoxy groups -OCH3 is 2. The number of hydrogen-bond donors (Lipinski definition) is 1. The van der Waals surface area contributed by atoms with E-state index >= 15 is 0 Å². The van der Waals surface area contributed by atoms with E-state index in [1.807, 2.05) is 0 Å². The van der Waals surface area contributed by atoms with Crippen LogP contribution in [-0.4, -0.2) is 61.6 Å². The van der Waals surface area contributed by atoms with Gasteiger partial charge in [0.15, 0.2) is 0 Å². The highest BCUT2D eigenvalue weighted by atomic mass is 32.1. The summed E-state index contributed by atoms with van der Waals surface area (Å²) in [7, 11) is 2.95. The van der Waals surface area contributed by atoms with Crippen LogP contribution in [0.1, 0.15) is 44.0 Å². The third-order valence-corrected chi connectivity index (χ3v) is 7.92. The topological polar surface area (TPSA) is 140 Å². The molecule has 1 N–H and O–H groups in total. The lowest BCUT2D eigenvalue weighted by molar-refractivity contribution is -0.140. The van der Waals surface area contributed by atoms with Crippen LogP contribution in [0, 0.1) is 12.7 Å². The Balaban J connectivity index is 2.00. The molecule has 1 aromatic carbocycles. The summed E-state index contributed by atoms with van der Waals surface area (Å²) in [6.45, 7) is 6.39. The lowest BCUT2D eigenvalue weighted by atomic mass is 10.1. The van der Waals surface area contributed by atoms with Crippen LogP contribution in [0.5, 0.6) is 5.75 Å². The minimum atomic E-state index is -1.46. The lowest BCUT2D eigenvalue weighted by Gasteiger charge is -2.28. The molecule has 4 aromatic rings. The van der Waals surface area contributed by atoms with Crippen molar-refractivity contribution in [1.29, 1.82) is 0 Å². The molecule has 1 unspecified atom stereocenters. The van der Waals surface area contributed by atoms with Crippen molar-refractivity contribution in [1.82, 2.24) is 24.1 Å². The van der Waals surface area contributed by atoms with Gasteiger partial charge in [-0.15, -0.1) is 4.80 Å². The van der Waals surface area contributed by atoms with Gasteiger partial charge in [-0.25, -0.2) is 18.5 Å². The Labute approximate surface area is 232 Å². The van der Waals surface area contributed by atoms with Gasteiger partial charge in [-0.1, -0.05) is 11.3 Å². The van der Waals surface area contributed by atoms with Crippen LogP contribution in [0.4, 0.5) is 4.39 Å². The summed E-state index contributed by atoms with van der Waals surface area (Å²) in [5.41, 5.74) is -1.54. The molecule has 214 valence electrons. The number of carboxylic acid groups (broad SMARTS) is 1. The molecular formula is C26H30FN5O7S. The standard InChI is InChI=1S/C26H30FN5O7S/c1-14-20-21(33)31(15(2)24(34)35)25(36)30(23(20)40-22(14)32-28-9-10-29-32)12-19(39-13-26(3,4)38-6)17-11-16(27)7-8-18(17)37-5/h7-11,15,19H,12-13H2,1-6H3,(H,34,35)/t15?,19-/m0/s1. The van der Waals surface area contributed by atoms with Gasteiger partial charge in [-0.2, -0.15) is 10.2 Å². The van der Waals surface area contributed by atoms with E-state index in [1.165, 1.54) is 61.1 Å². The molecule has 3 heterocycles. The third kappa shape index (κ3) is 5.42. The van der Waals surface area contributed by atoms with Gasteiger partial charge in [0, 0.05) is 18.2 Å². The van der Waals surface area contributed by atoms with Crippen molar-refractivity contribution in [3.8, 4) is 10.8 Å². The van der Waals surface area contributed by atoms with E-state index in [1.54, 1.807) is 20.8 Å². The molecule has 0 spiro atoms. The average Bonchev–Trinajstić information content (AvgIpc) is 3.56. The van der Waals surface area contributed by atoms with Crippen molar-refractivity contribution in [3.63, 3.8) is 0 Å². The zero-order valence-corrected chi connectivity index (χ0v) is 23.7. The number of aliphatic carboxylic acids is 1.